The van der Waals surface area contributed by atoms with Gasteiger partial charge in [0.05, 0.1) is 18.6 Å². The first-order valence-electron chi connectivity index (χ1n) is 6.79. The lowest BCUT2D eigenvalue weighted by molar-refractivity contribution is 0.273. The molecule has 0 unspecified atom stereocenters. The van der Waals surface area contributed by atoms with E-state index in [1.54, 1.807) is 6.07 Å². The number of rotatable bonds is 8. The van der Waals surface area contributed by atoms with Crippen molar-refractivity contribution in [3.05, 3.63) is 23.8 Å². The second kappa shape index (κ2) is 7.74. The number of hydrogen-bond donors (Lipinski definition) is 2. The Balaban J connectivity index is 2.79. The number of methoxy groups -OCH3 is 1. The molecule has 0 aliphatic carbocycles. The van der Waals surface area contributed by atoms with Gasteiger partial charge in [-0.05, 0) is 39.1 Å². The van der Waals surface area contributed by atoms with E-state index in [1.807, 2.05) is 20.9 Å². The SMILES string of the molecule is COc1ccc(S(=O)(=O)NCCN(C)C(C)C)cc1CO. The second-order valence-electron chi connectivity index (χ2n) is 5.10. The molecule has 7 heteroatoms. The Hall–Kier alpha value is -1.15. The fraction of sp³-hybridized carbons (Fsp3) is 0.571. The second-order valence-corrected chi connectivity index (χ2v) is 6.87. The number of benzene rings is 1. The lowest BCUT2D eigenvalue weighted by Crippen LogP contribution is -2.36. The van der Waals surface area contributed by atoms with E-state index in [0.29, 0.717) is 30.4 Å². The first-order chi connectivity index (χ1) is 9.81. The standard InChI is InChI=1S/C14H24N2O4S/c1-11(2)16(3)8-7-15-21(18,19)13-5-6-14(20-4)12(9-13)10-17/h5-6,9,11,15,17H,7-8,10H2,1-4H3. The number of ether oxygens (including phenoxy) is 1. The molecule has 0 spiro atoms. The number of aliphatic hydroxyl groups is 1. The molecule has 0 saturated heterocycles. The van der Waals surface area contributed by atoms with Crippen LogP contribution < -0.4 is 9.46 Å². The predicted octanol–water partition coefficient (Wildman–Crippen LogP) is 0.806. The number of hydrogen-bond acceptors (Lipinski definition) is 5. The van der Waals surface area contributed by atoms with Crippen LogP contribution in [0.3, 0.4) is 0 Å². The largest absolute Gasteiger partial charge is 0.496 e. The molecule has 0 saturated carbocycles. The van der Waals surface area contributed by atoms with Crippen LogP contribution in [0.1, 0.15) is 19.4 Å². The van der Waals surface area contributed by atoms with Crippen molar-refractivity contribution in [1.29, 1.82) is 0 Å². The summed E-state index contributed by atoms with van der Waals surface area (Å²) in [5, 5.41) is 9.25. The Morgan fingerprint density at radius 3 is 2.57 bits per heavy atom. The van der Waals surface area contributed by atoms with Crippen molar-refractivity contribution in [2.75, 3.05) is 27.2 Å². The molecule has 1 rings (SSSR count). The molecule has 0 bridgehead atoms. The molecule has 6 nitrogen and oxygen atoms in total. The summed E-state index contributed by atoms with van der Waals surface area (Å²) in [5.74, 6) is 0.469. The number of likely N-dealkylation sites (N-methyl/N-ethyl adjacent to an activating group) is 1. The molecule has 21 heavy (non-hydrogen) atoms. The molecule has 0 radical (unpaired) electrons. The molecule has 0 heterocycles. The van der Waals surface area contributed by atoms with E-state index < -0.39 is 10.0 Å². The Morgan fingerprint density at radius 2 is 2.05 bits per heavy atom. The molecule has 0 aliphatic heterocycles. The fourth-order valence-corrected chi connectivity index (χ4v) is 2.81. The lowest BCUT2D eigenvalue weighted by Gasteiger charge is -2.21. The van der Waals surface area contributed by atoms with Crippen LogP contribution in [0.5, 0.6) is 5.75 Å². The first-order valence-corrected chi connectivity index (χ1v) is 8.27. The van der Waals surface area contributed by atoms with E-state index in [1.165, 1.54) is 19.2 Å². The number of nitrogens with zero attached hydrogens (tertiary/aromatic N) is 1. The zero-order valence-corrected chi connectivity index (χ0v) is 13.8. The average molecular weight is 316 g/mol. The fourth-order valence-electron chi connectivity index (χ4n) is 1.74. The van der Waals surface area contributed by atoms with Crippen molar-refractivity contribution in [2.24, 2.45) is 0 Å². The topological polar surface area (TPSA) is 78.9 Å². The van der Waals surface area contributed by atoms with Crippen molar-refractivity contribution in [3.8, 4) is 5.75 Å². The van der Waals surface area contributed by atoms with Gasteiger partial charge in [0.15, 0.2) is 0 Å². The van der Waals surface area contributed by atoms with Crippen LogP contribution in [0.25, 0.3) is 0 Å². The minimum atomic E-state index is -3.58. The van der Waals surface area contributed by atoms with Gasteiger partial charge in [0.1, 0.15) is 5.75 Å². The van der Waals surface area contributed by atoms with E-state index in [0.717, 1.165) is 0 Å². The van der Waals surface area contributed by atoms with E-state index in [4.69, 9.17) is 4.74 Å². The molecular formula is C14H24N2O4S. The van der Waals surface area contributed by atoms with Gasteiger partial charge in [0.2, 0.25) is 10.0 Å². The molecule has 0 aliphatic rings. The average Bonchev–Trinajstić information content (AvgIpc) is 2.45. The third kappa shape index (κ3) is 4.96. The van der Waals surface area contributed by atoms with Gasteiger partial charge in [-0.1, -0.05) is 0 Å². The minimum Gasteiger partial charge on any atom is -0.496 e. The number of sulfonamides is 1. The van der Waals surface area contributed by atoms with Crippen LogP contribution >= 0.6 is 0 Å². The maximum absolute atomic E-state index is 12.2. The van der Waals surface area contributed by atoms with E-state index in [9.17, 15) is 13.5 Å². The molecule has 120 valence electrons. The molecule has 0 fully saturated rings. The molecule has 0 atom stereocenters. The Kier molecular flexibility index (Phi) is 6.60. The maximum Gasteiger partial charge on any atom is 0.240 e. The maximum atomic E-state index is 12.2. The molecular weight excluding hydrogens is 292 g/mol. The first kappa shape index (κ1) is 17.9. The van der Waals surface area contributed by atoms with Gasteiger partial charge in [0.25, 0.3) is 0 Å². The summed E-state index contributed by atoms with van der Waals surface area (Å²) in [7, 11) is -0.167. The van der Waals surface area contributed by atoms with Crippen molar-refractivity contribution in [3.63, 3.8) is 0 Å². The van der Waals surface area contributed by atoms with E-state index >= 15 is 0 Å². The summed E-state index contributed by atoms with van der Waals surface area (Å²) in [6.07, 6.45) is 0. The third-order valence-corrected chi connectivity index (χ3v) is 4.83. The van der Waals surface area contributed by atoms with Crippen LogP contribution in [0.2, 0.25) is 0 Å². The van der Waals surface area contributed by atoms with Gasteiger partial charge in [-0.25, -0.2) is 13.1 Å². The third-order valence-electron chi connectivity index (χ3n) is 3.37. The molecule has 0 aromatic heterocycles. The zero-order valence-electron chi connectivity index (χ0n) is 13.0. The minimum absolute atomic E-state index is 0.125. The van der Waals surface area contributed by atoms with Crippen LogP contribution in [0, 0.1) is 0 Å². The van der Waals surface area contributed by atoms with Crippen LogP contribution in [-0.4, -0.2) is 51.7 Å². The van der Waals surface area contributed by atoms with Gasteiger partial charge in [-0.15, -0.1) is 0 Å². The molecule has 1 aromatic rings. The summed E-state index contributed by atoms with van der Waals surface area (Å²) in [6.45, 7) is 4.77. The van der Waals surface area contributed by atoms with Crippen molar-refractivity contribution < 1.29 is 18.3 Å². The smallest absolute Gasteiger partial charge is 0.240 e. The van der Waals surface area contributed by atoms with Gasteiger partial charge in [-0.2, -0.15) is 0 Å². The quantitative estimate of drug-likeness (QED) is 0.742. The van der Waals surface area contributed by atoms with Crippen molar-refractivity contribution in [1.82, 2.24) is 9.62 Å². The predicted molar refractivity (Wildman–Crippen MR) is 81.9 cm³/mol. The Morgan fingerprint density at radius 1 is 1.38 bits per heavy atom. The van der Waals surface area contributed by atoms with Crippen molar-refractivity contribution >= 4 is 10.0 Å². The Bertz CT molecular complexity index is 558. The number of nitrogens with one attached hydrogen (secondary N) is 1. The Labute approximate surface area is 126 Å². The van der Waals surface area contributed by atoms with Gasteiger partial charge < -0.3 is 14.7 Å². The molecule has 0 amide bonds. The summed E-state index contributed by atoms with van der Waals surface area (Å²) in [6, 6.07) is 4.79. The zero-order chi connectivity index (χ0) is 16.0. The highest BCUT2D eigenvalue weighted by Crippen LogP contribution is 2.22. The summed E-state index contributed by atoms with van der Waals surface area (Å²) in [5.41, 5.74) is 0.444. The van der Waals surface area contributed by atoms with Crippen LogP contribution in [0.15, 0.2) is 23.1 Å². The highest BCUT2D eigenvalue weighted by Gasteiger charge is 2.16. The van der Waals surface area contributed by atoms with Crippen molar-refractivity contribution in [2.45, 2.75) is 31.4 Å². The molecule has 2 N–H and O–H groups in total. The summed E-state index contributed by atoms with van der Waals surface area (Å²) < 4.78 is 32.0. The monoisotopic (exact) mass is 316 g/mol. The lowest BCUT2D eigenvalue weighted by atomic mass is 10.2. The number of aliphatic hydroxyl groups excluding tert-OH is 1. The summed E-state index contributed by atoms with van der Waals surface area (Å²) in [4.78, 5) is 2.18. The van der Waals surface area contributed by atoms with Crippen LogP contribution in [-0.2, 0) is 16.6 Å². The normalized spacial score (nSPS) is 12.1. The van der Waals surface area contributed by atoms with Gasteiger partial charge in [-0.3, -0.25) is 0 Å². The van der Waals surface area contributed by atoms with Crippen LogP contribution in [0.4, 0.5) is 0 Å². The van der Waals surface area contributed by atoms with E-state index in [-0.39, 0.29) is 11.5 Å². The molecule has 1 aromatic carbocycles. The van der Waals surface area contributed by atoms with E-state index in [2.05, 4.69) is 9.62 Å². The highest BCUT2D eigenvalue weighted by molar-refractivity contribution is 7.89. The highest BCUT2D eigenvalue weighted by atomic mass is 32.2. The van der Waals surface area contributed by atoms with Gasteiger partial charge in [0, 0.05) is 24.7 Å². The van der Waals surface area contributed by atoms with Gasteiger partial charge >= 0.3 is 0 Å². The summed E-state index contributed by atoms with van der Waals surface area (Å²) >= 11 is 0.